The fourth-order valence-electron chi connectivity index (χ4n) is 4.83. The van der Waals surface area contributed by atoms with Gasteiger partial charge in [0.1, 0.15) is 25.1 Å². The Balaban J connectivity index is 1.51. The molecule has 5 rings (SSSR count). The lowest BCUT2D eigenvalue weighted by Gasteiger charge is -2.28. The average Bonchev–Trinajstić information content (AvgIpc) is 3.58. The third-order valence-corrected chi connectivity index (χ3v) is 6.87. The summed E-state index contributed by atoms with van der Waals surface area (Å²) in [6, 6.07) is 6.37. The highest BCUT2D eigenvalue weighted by Crippen LogP contribution is 2.38. The summed E-state index contributed by atoms with van der Waals surface area (Å²) in [5, 5.41) is 32.0. The number of aliphatic hydroxyl groups is 2. The Labute approximate surface area is 201 Å². The molecule has 2 N–H and O–H groups in total. The Kier molecular flexibility index (Phi) is 6.26. The maximum atomic E-state index is 10.9. The van der Waals surface area contributed by atoms with Gasteiger partial charge in [0.05, 0.1) is 11.0 Å². The lowest BCUT2D eigenvalue weighted by molar-refractivity contribution is -0.384. The number of ether oxygens (including phenoxy) is 2. The van der Waals surface area contributed by atoms with Crippen LogP contribution in [0.4, 0.5) is 11.6 Å². The zero-order chi connectivity index (χ0) is 24.7. The van der Waals surface area contributed by atoms with Crippen molar-refractivity contribution >= 4 is 22.8 Å². The Morgan fingerprint density at radius 3 is 2.54 bits per heavy atom. The van der Waals surface area contributed by atoms with Gasteiger partial charge in [0.25, 0.3) is 5.69 Å². The Morgan fingerprint density at radius 2 is 1.91 bits per heavy atom. The first-order chi connectivity index (χ1) is 16.8. The van der Waals surface area contributed by atoms with E-state index >= 15 is 0 Å². The monoisotopic (exact) mass is 484 g/mol. The second-order valence-corrected chi connectivity index (χ2v) is 9.11. The van der Waals surface area contributed by atoms with E-state index in [4.69, 9.17) is 14.5 Å². The number of nitro benzene ring substituents is 1. The number of hydrogen-bond acceptors (Lipinski definition) is 10. The van der Waals surface area contributed by atoms with E-state index in [0.29, 0.717) is 17.1 Å². The summed E-state index contributed by atoms with van der Waals surface area (Å²) in [6.07, 6.45) is 2.06. The Hall–Kier alpha value is -3.35. The number of aliphatic hydroxyl groups excluding tert-OH is 2. The molecular formula is C23H28N6O6. The standard InChI is InChI=1S/C23H28N6O6/c1-13-18(30)19(31)22(35-13)28-20-17(26-23(28)27(2)15-5-3-4-6-15)21(25-12-24-20)34-11-14-7-9-16(10-8-14)29(32)33/h7-10,12-13,15,18-19,22,30-31H,3-6,11H2,1-2H3/t13-,18-,19-,22-/m1/s1. The van der Waals surface area contributed by atoms with Crippen LogP contribution in [0.15, 0.2) is 30.6 Å². The molecule has 1 saturated heterocycles. The molecule has 0 unspecified atom stereocenters. The molecule has 186 valence electrons. The first-order valence-electron chi connectivity index (χ1n) is 11.7. The van der Waals surface area contributed by atoms with Crippen molar-refractivity contribution in [1.29, 1.82) is 0 Å². The molecular weight excluding hydrogens is 456 g/mol. The van der Waals surface area contributed by atoms with Gasteiger partial charge in [-0.25, -0.2) is 9.97 Å². The van der Waals surface area contributed by atoms with E-state index in [0.717, 1.165) is 31.2 Å². The summed E-state index contributed by atoms with van der Waals surface area (Å²) in [5.41, 5.74) is 1.56. The second-order valence-electron chi connectivity index (χ2n) is 9.11. The molecule has 3 heterocycles. The summed E-state index contributed by atoms with van der Waals surface area (Å²) >= 11 is 0. The molecule has 2 aliphatic rings. The minimum absolute atomic E-state index is 0.00282. The summed E-state index contributed by atoms with van der Waals surface area (Å²) in [6.45, 7) is 1.84. The van der Waals surface area contributed by atoms with E-state index in [1.54, 1.807) is 23.6 Å². The number of fused-ring (bicyclic) bond motifs is 1. The molecule has 35 heavy (non-hydrogen) atoms. The molecule has 0 spiro atoms. The van der Waals surface area contributed by atoms with Gasteiger partial charge in [-0.05, 0) is 37.5 Å². The van der Waals surface area contributed by atoms with Crippen LogP contribution in [0, 0.1) is 10.1 Å². The fraction of sp³-hybridized carbons (Fsp3) is 0.522. The highest BCUT2D eigenvalue weighted by Gasteiger charge is 2.44. The lowest BCUT2D eigenvalue weighted by Crippen LogP contribution is -2.35. The molecule has 0 radical (unpaired) electrons. The van der Waals surface area contributed by atoms with Crippen molar-refractivity contribution in [3.05, 3.63) is 46.3 Å². The Bertz CT molecular complexity index is 1210. The molecule has 1 aliphatic heterocycles. The van der Waals surface area contributed by atoms with E-state index in [1.807, 2.05) is 7.05 Å². The van der Waals surface area contributed by atoms with Crippen molar-refractivity contribution in [2.75, 3.05) is 11.9 Å². The van der Waals surface area contributed by atoms with Gasteiger partial charge < -0.3 is 24.6 Å². The zero-order valence-corrected chi connectivity index (χ0v) is 19.5. The normalized spacial score (nSPS) is 24.8. The van der Waals surface area contributed by atoms with Gasteiger partial charge in [-0.15, -0.1) is 0 Å². The van der Waals surface area contributed by atoms with E-state index < -0.39 is 29.5 Å². The summed E-state index contributed by atoms with van der Waals surface area (Å²) in [4.78, 5) is 26.0. The number of nitro groups is 1. The maximum absolute atomic E-state index is 10.9. The van der Waals surface area contributed by atoms with Gasteiger partial charge in [-0.2, -0.15) is 4.98 Å². The predicted octanol–water partition coefficient (Wildman–Crippen LogP) is 2.33. The summed E-state index contributed by atoms with van der Waals surface area (Å²) in [5.74, 6) is 0.798. The van der Waals surface area contributed by atoms with Crippen molar-refractivity contribution in [2.45, 2.75) is 69.8 Å². The first kappa shape index (κ1) is 23.4. The molecule has 1 aliphatic carbocycles. The average molecular weight is 485 g/mol. The van der Waals surface area contributed by atoms with Crippen molar-refractivity contribution < 1.29 is 24.6 Å². The number of non-ortho nitro benzene ring substituents is 1. The minimum atomic E-state index is -1.16. The molecule has 0 amide bonds. The number of benzene rings is 1. The molecule has 12 nitrogen and oxygen atoms in total. The van der Waals surface area contributed by atoms with E-state index in [2.05, 4.69) is 14.9 Å². The predicted molar refractivity (Wildman–Crippen MR) is 125 cm³/mol. The number of anilines is 1. The van der Waals surface area contributed by atoms with Gasteiger partial charge in [-0.3, -0.25) is 14.7 Å². The van der Waals surface area contributed by atoms with E-state index in [-0.39, 0.29) is 24.2 Å². The van der Waals surface area contributed by atoms with Gasteiger partial charge in [0.2, 0.25) is 11.8 Å². The molecule has 3 aromatic rings. The maximum Gasteiger partial charge on any atom is 0.269 e. The largest absolute Gasteiger partial charge is 0.471 e. The van der Waals surface area contributed by atoms with Crippen LogP contribution < -0.4 is 9.64 Å². The smallest absolute Gasteiger partial charge is 0.269 e. The van der Waals surface area contributed by atoms with Gasteiger partial charge in [0, 0.05) is 25.2 Å². The molecule has 1 aromatic carbocycles. The SMILES string of the molecule is C[C@H]1O[C@@H](n2c(N(C)C3CCCC3)nc3c(OCc4ccc([N+](=O)[O-])cc4)ncnc32)[C@H](O)[C@@H]1O. The third-order valence-electron chi connectivity index (χ3n) is 6.87. The van der Waals surface area contributed by atoms with Gasteiger partial charge in [-0.1, -0.05) is 12.8 Å². The van der Waals surface area contributed by atoms with Gasteiger partial charge in [0.15, 0.2) is 17.4 Å². The molecule has 12 heteroatoms. The van der Waals surface area contributed by atoms with Crippen molar-refractivity contribution in [1.82, 2.24) is 19.5 Å². The zero-order valence-electron chi connectivity index (χ0n) is 19.5. The Morgan fingerprint density at radius 1 is 1.20 bits per heavy atom. The summed E-state index contributed by atoms with van der Waals surface area (Å²) in [7, 11) is 1.96. The minimum Gasteiger partial charge on any atom is -0.471 e. The van der Waals surface area contributed by atoms with Crippen LogP contribution in [0.2, 0.25) is 0 Å². The number of aromatic nitrogens is 4. The highest BCUT2D eigenvalue weighted by atomic mass is 16.6. The van der Waals surface area contributed by atoms with Crippen LogP contribution in [0.1, 0.15) is 44.4 Å². The molecule has 4 atom stereocenters. The molecule has 2 fully saturated rings. The molecule has 2 aromatic heterocycles. The quantitative estimate of drug-likeness (QED) is 0.378. The number of nitrogens with zero attached hydrogens (tertiary/aromatic N) is 6. The van der Waals surface area contributed by atoms with Crippen molar-refractivity contribution in [3.8, 4) is 5.88 Å². The first-order valence-corrected chi connectivity index (χ1v) is 11.7. The van der Waals surface area contributed by atoms with E-state index in [9.17, 15) is 20.3 Å². The molecule has 0 bridgehead atoms. The van der Waals surface area contributed by atoms with Crippen LogP contribution in [0.3, 0.4) is 0 Å². The topological polar surface area (TPSA) is 149 Å². The van der Waals surface area contributed by atoms with Crippen LogP contribution in [0.5, 0.6) is 5.88 Å². The second kappa shape index (κ2) is 9.36. The molecule has 1 saturated carbocycles. The van der Waals surface area contributed by atoms with Crippen LogP contribution >= 0.6 is 0 Å². The lowest BCUT2D eigenvalue weighted by atomic mass is 10.1. The summed E-state index contributed by atoms with van der Waals surface area (Å²) < 4.78 is 13.6. The highest BCUT2D eigenvalue weighted by molar-refractivity contribution is 5.79. The van der Waals surface area contributed by atoms with Crippen LogP contribution in [-0.4, -0.2) is 66.1 Å². The number of hydrogen-bond donors (Lipinski definition) is 2. The number of imidazole rings is 1. The van der Waals surface area contributed by atoms with E-state index in [1.165, 1.54) is 18.5 Å². The van der Waals surface area contributed by atoms with Crippen LogP contribution in [-0.2, 0) is 11.3 Å². The van der Waals surface area contributed by atoms with Crippen molar-refractivity contribution in [3.63, 3.8) is 0 Å². The van der Waals surface area contributed by atoms with Crippen LogP contribution in [0.25, 0.3) is 11.2 Å². The number of rotatable bonds is 7. The van der Waals surface area contributed by atoms with Crippen molar-refractivity contribution in [2.24, 2.45) is 0 Å². The third kappa shape index (κ3) is 4.28. The van der Waals surface area contributed by atoms with Gasteiger partial charge >= 0.3 is 0 Å². The fourth-order valence-corrected chi connectivity index (χ4v) is 4.83.